The second kappa shape index (κ2) is 6.02. The van der Waals surface area contributed by atoms with Gasteiger partial charge in [0, 0.05) is 10.5 Å². The summed E-state index contributed by atoms with van der Waals surface area (Å²) in [6.45, 7) is 0. The zero-order chi connectivity index (χ0) is 14.7. The summed E-state index contributed by atoms with van der Waals surface area (Å²) in [5, 5.41) is 11.1. The molecule has 0 N–H and O–H groups in total. The standard InChI is InChI=1S/C13H7BrClNO4/c14-8-5-6-12(10(15)7-8)20-13(17)9-3-1-2-4-11(9)16(18)19/h1-7H. The van der Waals surface area contributed by atoms with E-state index in [-0.39, 0.29) is 22.0 Å². The molecule has 0 saturated heterocycles. The lowest BCUT2D eigenvalue weighted by atomic mass is 10.2. The molecule has 0 amide bonds. The molecule has 2 rings (SSSR count). The Morgan fingerprint density at radius 3 is 2.60 bits per heavy atom. The maximum absolute atomic E-state index is 12.0. The van der Waals surface area contributed by atoms with Gasteiger partial charge in [-0.2, -0.15) is 0 Å². The van der Waals surface area contributed by atoms with Crippen molar-refractivity contribution >= 4 is 39.2 Å². The molecule has 7 heteroatoms. The highest BCUT2D eigenvalue weighted by Gasteiger charge is 2.21. The normalized spacial score (nSPS) is 10.1. The summed E-state index contributed by atoms with van der Waals surface area (Å²) in [4.78, 5) is 22.2. The van der Waals surface area contributed by atoms with E-state index in [9.17, 15) is 14.9 Å². The fraction of sp³-hybridized carbons (Fsp3) is 0. The molecule has 0 unspecified atom stereocenters. The monoisotopic (exact) mass is 355 g/mol. The Balaban J connectivity index is 2.31. The molecule has 2 aromatic rings. The number of benzene rings is 2. The Labute approximate surface area is 127 Å². The van der Waals surface area contributed by atoms with Crippen LogP contribution in [0.15, 0.2) is 46.9 Å². The van der Waals surface area contributed by atoms with Gasteiger partial charge in [-0.05, 0) is 24.3 Å². The summed E-state index contributed by atoms with van der Waals surface area (Å²) in [5.74, 6) is -0.695. The lowest BCUT2D eigenvalue weighted by Crippen LogP contribution is -2.11. The SMILES string of the molecule is O=C(Oc1ccc(Br)cc1Cl)c1ccccc1[N+](=O)[O-]. The first-order valence-electron chi connectivity index (χ1n) is 5.39. The molecule has 0 atom stereocenters. The first-order valence-corrected chi connectivity index (χ1v) is 6.57. The van der Waals surface area contributed by atoms with Crippen LogP contribution in [0.25, 0.3) is 0 Å². The molecule has 102 valence electrons. The topological polar surface area (TPSA) is 69.4 Å². The van der Waals surface area contributed by atoms with Crippen LogP contribution in [0, 0.1) is 10.1 Å². The van der Waals surface area contributed by atoms with Gasteiger partial charge in [0.15, 0.2) is 0 Å². The van der Waals surface area contributed by atoms with Gasteiger partial charge in [-0.3, -0.25) is 10.1 Å². The van der Waals surface area contributed by atoms with Crippen molar-refractivity contribution in [3.8, 4) is 5.75 Å². The minimum absolute atomic E-state index is 0.128. The molecule has 5 nitrogen and oxygen atoms in total. The molecule has 0 saturated carbocycles. The number of para-hydroxylation sites is 1. The summed E-state index contributed by atoms with van der Waals surface area (Å²) >= 11 is 9.15. The predicted molar refractivity (Wildman–Crippen MR) is 77.2 cm³/mol. The van der Waals surface area contributed by atoms with Crippen LogP contribution in [0.1, 0.15) is 10.4 Å². The largest absolute Gasteiger partial charge is 0.421 e. The smallest absolute Gasteiger partial charge is 0.350 e. The Morgan fingerprint density at radius 2 is 1.95 bits per heavy atom. The van der Waals surface area contributed by atoms with Crippen LogP contribution in [-0.2, 0) is 0 Å². The Morgan fingerprint density at radius 1 is 1.25 bits per heavy atom. The van der Waals surface area contributed by atoms with Crippen LogP contribution < -0.4 is 4.74 Å². The molecule has 0 aliphatic rings. The fourth-order valence-corrected chi connectivity index (χ4v) is 2.23. The van der Waals surface area contributed by atoms with Crippen molar-refractivity contribution in [1.82, 2.24) is 0 Å². The Bertz CT molecular complexity index is 690. The first-order chi connectivity index (χ1) is 9.49. The first kappa shape index (κ1) is 14.5. The third kappa shape index (κ3) is 3.15. The van der Waals surface area contributed by atoms with Gasteiger partial charge in [-0.25, -0.2) is 4.79 Å². The van der Waals surface area contributed by atoms with Crippen molar-refractivity contribution in [3.63, 3.8) is 0 Å². The van der Waals surface area contributed by atoms with E-state index in [2.05, 4.69) is 15.9 Å². The van der Waals surface area contributed by atoms with Gasteiger partial charge in [-0.15, -0.1) is 0 Å². The number of ether oxygens (including phenoxy) is 1. The number of carbonyl (C=O) groups excluding carboxylic acids is 1. The van der Waals surface area contributed by atoms with Crippen LogP contribution in [0.4, 0.5) is 5.69 Å². The number of nitro groups is 1. The van der Waals surface area contributed by atoms with Crippen molar-refractivity contribution < 1.29 is 14.5 Å². The van der Waals surface area contributed by atoms with E-state index in [1.54, 1.807) is 12.1 Å². The van der Waals surface area contributed by atoms with E-state index in [1.807, 2.05) is 0 Å². The van der Waals surface area contributed by atoms with Crippen molar-refractivity contribution in [2.45, 2.75) is 0 Å². The number of hydrogen-bond donors (Lipinski definition) is 0. The highest BCUT2D eigenvalue weighted by atomic mass is 79.9. The lowest BCUT2D eigenvalue weighted by molar-refractivity contribution is -0.385. The summed E-state index contributed by atoms with van der Waals surface area (Å²) in [6, 6.07) is 10.3. The highest BCUT2D eigenvalue weighted by Crippen LogP contribution is 2.29. The van der Waals surface area contributed by atoms with Crippen molar-refractivity contribution in [2.75, 3.05) is 0 Å². The van der Waals surface area contributed by atoms with Crippen molar-refractivity contribution in [2.24, 2.45) is 0 Å². The third-order valence-corrected chi connectivity index (χ3v) is 3.21. The Kier molecular flexibility index (Phi) is 4.36. The van der Waals surface area contributed by atoms with Crippen LogP contribution in [0.3, 0.4) is 0 Å². The number of hydrogen-bond acceptors (Lipinski definition) is 4. The number of carbonyl (C=O) groups is 1. The summed E-state index contributed by atoms with van der Waals surface area (Å²) in [5.41, 5.74) is -0.442. The van der Waals surface area contributed by atoms with Gasteiger partial charge in [-0.1, -0.05) is 39.7 Å². The van der Waals surface area contributed by atoms with Gasteiger partial charge < -0.3 is 4.74 Å². The molecule has 0 radical (unpaired) electrons. The molecule has 2 aromatic carbocycles. The van der Waals surface area contributed by atoms with Gasteiger partial charge in [0.1, 0.15) is 11.3 Å². The molecule has 0 aromatic heterocycles. The van der Waals surface area contributed by atoms with Crippen molar-refractivity contribution in [1.29, 1.82) is 0 Å². The molecule has 0 heterocycles. The van der Waals surface area contributed by atoms with Crippen LogP contribution in [0.5, 0.6) is 5.75 Å². The number of esters is 1. The van der Waals surface area contributed by atoms with E-state index < -0.39 is 10.9 Å². The van der Waals surface area contributed by atoms with Gasteiger partial charge in [0.2, 0.25) is 0 Å². The predicted octanol–water partition coefficient (Wildman–Crippen LogP) is 4.23. The fourth-order valence-electron chi connectivity index (χ4n) is 1.52. The molecule has 0 fully saturated rings. The second-order valence-electron chi connectivity index (χ2n) is 3.74. The maximum atomic E-state index is 12.0. The summed E-state index contributed by atoms with van der Waals surface area (Å²) in [6.07, 6.45) is 0. The molecular weight excluding hydrogens is 350 g/mol. The molecular formula is C13H7BrClNO4. The number of nitrogens with zero attached hydrogens (tertiary/aromatic N) is 1. The number of rotatable bonds is 3. The van der Waals surface area contributed by atoms with Gasteiger partial charge in [0.05, 0.1) is 9.95 Å². The minimum Gasteiger partial charge on any atom is -0.421 e. The molecule has 0 spiro atoms. The van der Waals surface area contributed by atoms with E-state index in [0.29, 0.717) is 0 Å². The third-order valence-electron chi connectivity index (χ3n) is 2.42. The summed E-state index contributed by atoms with van der Waals surface area (Å²) in [7, 11) is 0. The van der Waals surface area contributed by atoms with E-state index in [1.165, 1.54) is 30.3 Å². The molecule has 0 aliphatic heterocycles. The van der Waals surface area contributed by atoms with Gasteiger partial charge >= 0.3 is 5.97 Å². The second-order valence-corrected chi connectivity index (χ2v) is 5.06. The zero-order valence-electron chi connectivity index (χ0n) is 9.88. The quantitative estimate of drug-likeness (QED) is 0.357. The van der Waals surface area contributed by atoms with E-state index in [4.69, 9.17) is 16.3 Å². The molecule has 20 heavy (non-hydrogen) atoms. The minimum atomic E-state index is -0.832. The lowest BCUT2D eigenvalue weighted by Gasteiger charge is -2.06. The molecule has 0 aliphatic carbocycles. The number of halogens is 2. The average Bonchev–Trinajstić information content (AvgIpc) is 2.41. The Hall–Kier alpha value is -1.92. The summed E-state index contributed by atoms with van der Waals surface area (Å²) < 4.78 is 5.81. The van der Waals surface area contributed by atoms with E-state index >= 15 is 0 Å². The molecule has 0 bridgehead atoms. The van der Waals surface area contributed by atoms with E-state index in [0.717, 1.165) is 4.47 Å². The van der Waals surface area contributed by atoms with Crippen LogP contribution in [-0.4, -0.2) is 10.9 Å². The van der Waals surface area contributed by atoms with Gasteiger partial charge in [0.25, 0.3) is 5.69 Å². The highest BCUT2D eigenvalue weighted by molar-refractivity contribution is 9.10. The van der Waals surface area contributed by atoms with Crippen LogP contribution in [0.2, 0.25) is 5.02 Å². The van der Waals surface area contributed by atoms with Crippen LogP contribution >= 0.6 is 27.5 Å². The zero-order valence-corrected chi connectivity index (χ0v) is 12.2. The average molecular weight is 357 g/mol. The maximum Gasteiger partial charge on any atom is 0.350 e. The van der Waals surface area contributed by atoms with Crippen molar-refractivity contribution in [3.05, 3.63) is 67.6 Å². The number of nitro benzene ring substituents is 1.